The van der Waals surface area contributed by atoms with Crippen LogP contribution in [0.2, 0.25) is 0 Å². The molecule has 4 rings (SSSR count). The monoisotopic (exact) mass is 433 g/mol. The average Bonchev–Trinajstić information content (AvgIpc) is 2.85. The molecule has 166 valence electrons. The van der Waals surface area contributed by atoms with Gasteiger partial charge >= 0.3 is 0 Å². The van der Waals surface area contributed by atoms with Crippen LogP contribution < -0.4 is 14.4 Å². The van der Waals surface area contributed by atoms with Gasteiger partial charge in [0.2, 0.25) is 0 Å². The van der Waals surface area contributed by atoms with Gasteiger partial charge in [-0.1, -0.05) is 6.07 Å². The van der Waals surface area contributed by atoms with E-state index in [0.717, 1.165) is 22.8 Å². The minimum atomic E-state index is -0.0473. The van der Waals surface area contributed by atoms with Gasteiger partial charge in [0, 0.05) is 49.7 Å². The first-order chi connectivity index (χ1) is 15.5. The van der Waals surface area contributed by atoms with Crippen molar-refractivity contribution in [3.63, 3.8) is 0 Å². The van der Waals surface area contributed by atoms with Crippen LogP contribution in [0.25, 0.3) is 11.5 Å². The second kappa shape index (κ2) is 9.21. The smallest absolute Gasteiger partial charge is 0.257 e. The summed E-state index contributed by atoms with van der Waals surface area (Å²) in [5, 5.41) is 0. The third-order valence-corrected chi connectivity index (χ3v) is 5.76. The van der Waals surface area contributed by atoms with Crippen molar-refractivity contribution in [2.75, 3.05) is 45.3 Å². The highest BCUT2D eigenvalue weighted by molar-refractivity contribution is 5.97. The SMILES string of the molecule is COc1ccc(C(=O)N2CCN(c3nc(-c4ccccn4)nc(C)c3C)CC2)c(OC)c1. The van der Waals surface area contributed by atoms with Crippen LogP contribution in [-0.2, 0) is 0 Å². The van der Waals surface area contributed by atoms with E-state index in [1.165, 1.54) is 0 Å². The first-order valence-electron chi connectivity index (χ1n) is 10.5. The van der Waals surface area contributed by atoms with Gasteiger partial charge in [-0.05, 0) is 38.1 Å². The van der Waals surface area contributed by atoms with Crippen LogP contribution in [-0.4, -0.2) is 66.2 Å². The minimum Gasteiger partial charge on any atom is -0.497 e. The quantitative estimate of drug-likeness (QED) is 0.611. The fourth-order valence-corrected chi connectivity index (χ4v) is 3.80. The molecule has 1 fully saturated rings. The molecule has 1 aliphatic rings. The van der Waals surface area contributed by atoms with Crippen molar-refractivity contribution in [3.8, 4) is 23.0 Å². The summed E-state index contributed by atoms with van der Waals surface area (Å²) in [4.78, 5) is 31.0. The average molecular weight is 434 g/mol. The van der Waals surface area contributed by atoms with Crippen LogP contribution in [0.4, 0.5) is 5.82 Å². The van der Waals surface area contributed by atoms with Crippen molar-refractivity contribution in [1.82, 2.24) is 19.9 Å². The molecule has 8 nitrogen and oxygen atoms in total. The number of anilines is 1. The van der Waals surface area contributed by atoms with Crippen molar-refractivity contribution in [1.29, 1.82) is 0 Å². The van der Waals surface area contributed by atoms with Crippen LogP contribution in [0.1, 0.15) is 21.6 Å². The Balaban J connectivity index is 1.52. The van der Waals surface area contributed by atoms with Gasteiger partial charge in [-0.2, -0.15) is 0 Å². The zero-order valence-electron chi connectivity index (χ0n) is 18.8. The number of rotatable bonds is 5. The Kier molecular flexibility index (Phi) is 6.20. The number of nitrogens with zero attached hydrogens (tertiary/aromatic N) is 5. The molecule has 1 aliphatic heterocycles. The fourth-order valence-electron chi connectivity index (χ4n) is 3.80. The van der Waals surface area contributed by atoms with Gasteiger partial charge in [0.1, 0.15) is 23.0 Å². The molecule has 32 heavy (non-hydrogen) atoms. The van der Waals surface area contributed by atoms with Gasteiger partial charge in [-0.3, -0.25) is 9.78 Å². The molecule has 0 atom stereocenters. The number of methoxy groups -OCH3 is 2. The molecule has 0 aliphatic carbocycles. The lowest BCUT2D eigenvalue weighted by molar-refractivity contribution is 0.0743. The predicted octanol–water partition coefficient (Wildman–Crippen LogP) is 3.14. The number of benzene rings is 1. The zero-order chi connectivity index (χ0) is 22.7. The van der Waals surface area contributed by atoms with Crippen LogP contribution in [0.15, 0.2) is 42.6 Å². The molecule has 3 heterocycles. The summed E-state index contributed by atoms with van der Waals surface area (Å²) in [7, 11) is 3.15. The molecule has 8 heteroatoms. The Hall–Kier alpha value is -3.68. The highest BCUT2D eigenvalue weighted by Crippen LogP contribution is 2.28. The molecule has 3 aromatic rings. The summed E-state index contributed by atoms with van der Waals surface area (Å²) in [6.45, 7) is 6.58. The van der Waals surface area contributed by atoms with Gasteiger partial charge < -0.3 is 19.3 Å². The van der Waals surface area contributed by atoms with E-state index in [9.17, 15) is 4.79 Å². The Morgan fingerprint density at radius 2 is 1.75 bits per heavy atom. The van der Waals surface area contributed by atoms with Gasteiger partial charge in [-0.15, -0.1) is 0 Å². The van der Waals surface area contributed by atoms with Crippen LogP contribution in [0, 0.1) is 13.8 Å². The number of ether oxygens (including phenoxy) is 2. The molecule has 1 saturated heterocycles. The number of aryl methyl sites for hydroxylation is 1. The van der Waals surface area contributed by atoms with Gasteiger partial charge in [0.05, 0.1) is 19.8 Å². The number of aromatic nitrogens is 3. The van der Waals surface area contributed by atoms with Gasteiger partial charge in [0.25, 0.3) is 5.91 Å². The maximum Gasteiger partial charge on any atom is 0.257 e. The second-order valence-corrected chi connectivity index (χ2v) is 7.64. The highest BCUT2D eigenvalue weighted by atomic mass is 16.5. The lowest BCUT2D eigenvalue weighted by Gasteiger charge is -2.36. The van der Waals surface area contributed by atoms with Crippen molar-refractivity contribution in [2.24, 2.45) is 0 Å². The fraction of sp³-hybridized carbons (Fsp3) is 0.333. The zero-order valence-corrected chi connectivity index (χ0v) is 18.8. The molecule has 1 aromatic carbocycles. The van der Waals surface area contributed by atoms with Crippen LogP contribution >= 0.6 is 0 Å². The Labute approximate surface area is 187 Å². The summed E-state index contributed by atoms with van der Waals surface area (Å²) in [5.41, 5.74) is 3.25. The van der Waals surface area contributed by atoms with Crippen LogP contribution in [0.5, 0.6) is 11.5 Å². The van der Waals surface area contributed by atoms with E-state index in [1.54, 1.807) is 38.6 Å². The molecule has 0 unspecified atom stereocenters. The predicted molar refractivity (Wildman–Crippen MR) is 122 cm³/mol. The molecule has 0 radical (unpaired) electrons. The molecular weight excluding hydrogens is 406 g/mol. The lowest BCUT2D eigenvalue weighted by Crippen LogP contribution is -2.49. The summed E-state index contributed by atoms with van der Waals surface area (Å²) in [5.74, 6) is 2.63. The van der Waals surface area contributed by atoms with Crippen molar-refractivity contribution >= 4 is 11.7 Å². The first-order valence-corrected chi connectivity index (χ1v) is 10.5. The number of pyridine rings is 1. The van der Waals surface area contributed by atoms with Crippen molar-refractivity contribution in [3.05, 3.63) is 59.4 Å². The van der Waals surface area contributed by atoms with Crippen LogP contribution in [0.3, 0.4) is 0 Å². The molecule has 0 saturated carbocycles. The number of hydrogen-bond donors (Lipinski definition) is 0. The van der Waals surface area contributed by atoms with E-state index < -0.39 is 0 Å². The van der Waals surface area contributed by atoms with Crippen molar-refractivity contribution in [2.45, 2.75) is 13.8 Å². The molecule has 0 spiro atoms. The standard InChI is InChI=1S/C24H27N5O3/c1-16-17(2)26-22(20-7-5-6-10-25-20)27-23(16)28-11-13-29(14-12-28)24(30)19-9-8-18(31-3)15-21(19)32-4/h5-10,15H,11-14H2,1-4H3. The van der Waals surface area contributed by atoms with E-state index in [-0.39, 0.29) is 5.91 Å². The topological polar surface area (TPSA) is 80.7 Å². The maximum atomic E-state index is 13.1. The van der Waals surface area contributed by atoms with E-state index in [1.807, 2.05) is 36.9 Å². The summed E-state index contributed by atoms with van der Waals surface area (Å²) in [6, 6.07) is 11.0. The maximum absolute atomic E-state index is 13.1. The lowest BCUT2D eigenvalue weighted by atomic mass is 10.1. The largest absolute Gasteiger partial charge is 0.497 e. The number of amides is 1. The number of carbonyl (C=O) groups is 1. The number of hydrogen-bond acceptors (Lipinski definition) is 7. The summed E-state index contributed by atoms with van der Waals surface area (Å²) < 4.78 is 10.6. The minimum absolute atomic E-state index is 0.0473. The van der Waals surface area contributed by atoms with E-state index >= 15 is 0 Å². The molecule has 0 bridgehead atoms. The third-order valence-electron chi connectivity index (χ3n) is 5.76. The van der Waals surface area contributed by atoms with Crippen molar-refractivity contribution < 1.29 is 14.3 Å². The molecule has 1 amide bonds. The van der Waals surface area contributed by atoms with Gasteiger partial charge in [-0.25, -0.2) is 9.97 Å². The summed E-state index contributed by atoms with van der Waals surface area (Å²) in [6.07, 6.45) is 1.74. The van der Waals surface area contributed by atoms with E-state index in [4.69, 9.17) is 14.5 Å². The summed E-state index contributed by atoms with van der Waals surface area (Å²) >= 11 is 0. The Morgan fingerprint density at radius 3 is 2.41 bits per heavy atom. The van der Waals surface area contributed by atoms with E-state index in [2.05, 4.69) is 14.9 Å². The Bertz CT molecular complexity index is 1110. The second-order valence-electron chi connectivity index (χ2n) is 7.64. The number of piperazine rings is 1. The van der Waals surface area contributed by atoms with Gasteiger partial charge in [0.15, 0.2) is 5.82 Å². The Morgan fingerprint density at radius 1 is 0.969 bits per heavy atom. The highest BCUT2D eigenvalue weighted by Gasteiger charge is 2.26. The number of carbonyl (C=O) groups excluding carboxylic acids is 1. The van der Waals surface area contributed by atoms with E-state index in [0.29, 0.717) is 49.1 Å². The normalized spacial score (nSPS) is 13.8. The first kappa shape index (κ1) is 21.5. The molecule has 0 N–H and O–H groups in total. The molecule has 2 aromatic heterocycles. The third kappa shape index (κ3) is 4.21. The molecular formula is C24H27N5O3.